The number of halogens is 1. The second kappa shape index (κ2) is 7.87. The maximum absolute atomic E-state index is 13.4. The fourth-order valence-electron chi connectivity index (χ4n) is 2.99. The molecule has 0 aromatic heterocycles. The highest BCUT2D eigenvalue weighted by Crippen LogP contribution is 2.21. The van der Waals surface area contributed by atoms with Crippen LogP contribution in [0.2, 0.25) is 0 Å². The monoisotopic (exact) mass is 294 g/mol. The molecule has 0 bridgehead atoms. The van der Waals surface area contributed by atoms with Crippen LogP contribution in [0.3, 0.4) is 0 Å². The summed E-state index contributed by atoms with van der Waals surface area (Å²) >= 11 is 0. The summed E-state index contributed by atoms with van der Waals surface area (Å²) in [5.74, 6) is 0.214. The first-order chi connectivity index (χ1) is 10.1. The molecule has 2 N–H and O–H groups in total. The van der Waals surface area contributed by atoms with Crippen LogP contribution in [0.4, 0.5) is 4.39 Å². The van der Waals surface area contributed by atoms with Crippen molar-refractivity contribution in [3.63, 3.8) is 0 Å². The topological polar surface area (TPSA) is 35.5 Å². The first-order valence-corrected chi connectivity index (χ1v) is 7.99. The zero-order valence-corrected chi connectivity index (χ0v) is 13.1. The molecule has 1 heterocycles. The van der Waals surface area contributed by atoms with E-state index in [0.29, 0.717) is 5.92 Å². The third-order valence-corrected chi connectivity index (χ3v) is 4.44. The van der Waals surface area contributed by atoms with Gasteiger partial charge in [-0.25, -0.2) is 4.39 Å². The van der Waals surface area contributed by atoms with E-state index in [1.807, 2.05) is 6.07 Å². The van der Waals surface area contributed by atoms with E-state index >= 15 is 0 Å². The molecule has 0 spiro atoms. The molecule has 0 radical (unpaired) electrons. The fourth-order valence-corrected chi connectivity index (χ4v) is 2.99. The molecule has 2 rings (SSSR count). The third-order valence-electron chi connectivity index (χ3n) is 4.44. The lowest BCUT2D eigenvalue weighted by Gasteiger charge is -2.35. The van der Waals surface area contributed by atoms with Crippen LogP contribution in [-0.4, -0.2) is 42.3 Å². The SMILES string of the molecule is CCNC(CCN1CCC(C)C(O)C1)c1cccc(F)c1. The molecule has 3 atom stereocenters. The maximum Gasteiger partial charge on any atom is 0.123 e. The molecule has 1 aliphatic rings. The number of β-amino-alcohol motifs (C(OH)–C–C–N with tert-alkyl or cyclic N) is 1. The summed E-state index contributed by atoms with van der Waals surface area (Å²) in [5.41, 5.74) is 1.00. The predicted octanol–water partition coefficient (Wildman–Crippen LogP) is 2.57. The predicted molar refractivity (Wildman–Crippen MR) is 83.7 cm³/mol. The molecule has 1 aliphatic heterocycles. The van der Waals surface area contributed by atoms with E-state index in [2.05, 4.69) is 24.1 Å². The molecular formula is C17H27FN2O. The Morgan fingerprint density at radius 1 is 1.48 bits per heavy atom. The number of piperidine rings is 1. The van der Waals surface area contributed by atoms with Gasteiger partial charge in [-0.15, -0.1) is 0 Å². The van der Waals surface area contributed by atoms with Crippen molar-refractivity contribution in [2.75, 3.05) is 26.2 Å². The highest BCUT2D eigenvalue weighted by Gasteiger charge is 2.24. The van der Waals surface area contributed by atoms with Crippen LogP contribution in [0.25, 0.3) is 0 Å². The van der Waals surface area contributed by atoms with Gasteiger partial charge < -0.3 is 15.3 Å². The highest BCUT2D eigenvalue weighted by molar-refractivity contribution is 5.20. The van der Waals surface area contributed by atoms with Crippen molar-refractivity contribution < 1.29 is 9.50 Å². The van der Waals surface area contributed by atoms with Crippen molar-refractivity contribution in [1.82, 2.24) is 10.2 Å². The van der Waals surface area contributed by atoms with Gasteiger partial charge in [0.15, 0.2) is 0 Å². The van der Waals surface area contributed by atoms with E-state index in [9.17, 15) is 9.50 Å². The summed E-state index contributed by atoms with van der Waals surface area (Å²) in [7, 11) is 0. The number of nitrogens with zero attached hydrogens (tertiary/aromatic N) is 1. The summed E-state index contributed by atoms with van der Waals surface area (Å²) in [5, 5.41) is 13.4. The van der Waals surface area contributed by atoms with Gasteiger partial charge >= 0.3 is 0 Å². The Morgan fingerprint density at radius 2 is 2.29 bits per heavy atom. The number of aliphatic hydroxyl groups is 1. The maximum atomic E-state index is 13.4. The van der Waals surface area contributed by atoms with E-state index in [0.717, 1.165) is 44.6 Å². The van der Waals surface area contributed by atoms with Gasteiger partial charge in [0.2, 0.25) is 0 Å². The summed E-state index contributed by atoms with van der Waals surface area (Å²) in [4.78, 5) is 2.31. The van der Waals surface area contributed by atoms with Gasteiger partial charge in [0.25, 0.3) is 0 Å². The number of rotatable bonds is 6. The van der Waals surface area contributed by atoms with Gasteiger partial charge in [0.1, 0.15) is 5.82 Å². The number of benzene rings is 1. The van der Waals surface area contributed by atoms with Crippen molar-refractivity contribution in [2.24, 2.45) is 5.92 Å². The molecule has 0 saturated carbocycles. The molecule has 1 saturated heterocycles. The molecule has 0 aliphatic carbocycles. The summed E-state index contributed by atoms with van der Waals surface area (Å²) in [6.07, 6.45) is 1.76. The Morgan fingerprint density at radius 3 is 2.95 bits per heavy atom. The second-order valence-corrected chi connectivity index (χ2v) is 6.09. The third kappa shape index (κ3) is 4.77. The second-order valence-electron chi connectivity index (χ2n) is 6.09. The van der Waals surface area contributed by atoms with Crippen molar-refractivity contribution in [2.45, 2.75) is 38.8 Å². The van der Waals surface area contributed by atoms with Crippen molar-refractivity contribution >= 4 is 0 Å². The van der Waals surface area contributed by atoms with Gasteiger partial charge in [-0.3, -0.25) is 0 Å². The van der Waals surface area contributed by atoms with Crippen LogP contribution in [0, 0.1) is 11.7 Å². The number of nitrogens with one attached hydrogen (secondary N) is 1. The van der Waals surface area contributed by atoms with E-state index in [1.165, 1.54) is 6.07 Å². The van der Waals surface area contributed by atoms with Gasteiger partial charge in [-0.1, -0.05) is 26.0 Å². The van der Waals surface area contributed by atoms with Crippen LogP contribution < -0.4 is 5.32 Å². The Hall–Kier alpha value is -0.970. The highest BCUT2D eigenvalue weighted by atomic mass is 19.1. The zero-order chi connectivity index (χ0) is 15.2. The van der Waals surface area contributed by atoms with E-state index in [-0.39, 0.29) is 18.0 Å². The first kappa shape index (κ1) is 16.4. The lowest BCUT2D eigenvalue weighted by atomic mass is 9.95. The normalized spacial score (nSPS) is 25.0. The largest absolute Gasteiger partial charge is 0.392 e. The van der Waals surface area contributed by atoms with Crippen molar-refractivity contribution in [3.05, 3.63) is 35.6 Å². The van der Waals surface area contributed by atoms with Crippen LogP contribution in [0.15, 0.2) is 24.3 Å². The van der Waals surface area contributed by atoms with Crippen LogP contribution in [0.1, 0.15) is 38.3 Å². The number of hydrogen-bond acceptors (Lipinski definition) is 3. The molecule has 4 heteroatoms. The van der Waals surface area contributed by atoms with Crippen LogP contribution in [0.5, 0.6) is 0 Å². The smallest absolute Gasteiger partial charge is 0.123 e. The summed E-state index contributed by atoms with van der Waals surface area (Å²) < 4.78 is 13.4. The quantitative estimate of drug-likeness (QED) is 0.846. The van der Waals surface area contributed by atoms with Gasteiger partial charge in [0, 0.05) is 19.1 Å². The molecule has 1 aromatic carbocycles. The average molecular weight is 294 g/mol. The Balaban J connectivity index is 1.91. The lowest BCUT2D eigenvalue weighted by molar-refractivity contribution is 0.0278. The minimum absolute atomic E-state index is 0.169. The summed E-state index contributed by atoms with van der Waals surface area (Å²) in [6, 6.07) is 7.00. The Kier molecular flexibility index (Phi) is 6.15. The van der Waals surface area contributed by atoms with Gasteiger partial charge in [-0.05, 0) is 49.5 Å². The number of aliphatic hydroxyl groups excluding tert-OH is 1. The Labute approximate surface area is 127 Å². The Bertz CT molecular complexity index is 441. The fraction of sp³-hybridized carbons (Fsp3) is 0.647. The molecule has 1 fully saturated rings. The minimum atomic E-state index is -0.217. The van der Waals surface area contributed by atoms with Crippen LogP contribution in [-0.2, 0) is 0 Å². The number of hydrogen-bond donors (Lipinski definition) is 2. The number of likely N-dealkylation sites (tertiary alicyclic amines) is 1. The van der Waals surface area contributed by atoms with E-state index < -0.39 is 0 Å². The van der Waals surface area contributed by atoms with E-state index in [4.69, 9.17) is 0 Å². The summed E-state index contributed by atoms with van der Waals surface area (Å²) in [6.45, 7) is 7.76. The molecule has 118 valence electrons. The molecular weight excluding hydrogens is 267 g/mol. The van der Waals surface area contributed by atoms with Crippen molar-refractivity contribution in [1.29, 1.82) is 0 Å². The standard InChI is InChI=1S/C17H27FN2O/c1-3-19-16(14-5-4-6-15(18)11-14)8-10-20-9-7-13(2)17(21)12-20/h4-6,11,13,16-17,19,21H,3,7-10,12H2,1-2H3. The first-order valence-electron chi connectivity index (χ1n) is 7.99. The molecule has 21 heavy (non-hydrogen) atoms. The van der Waals surface area contributed by atoms with Gasteiger partial charge in [0.05, 0.1) is 6.10 Å². The molecule has 1 aromatic rings. The average Bonchev–Trinajstić information content (AvgIpc) is 2.47. The minimum Gasteiger partial charge on any atom is -0.392 e. The zero-order valence-electron chi connectivity index (χ0n) is 13.1. The molecule has 3 nitrogen and oxygen atoms in total. The van der Waals surface area contributed by atoms with Gasteiger partial charge in [-0.2, -0.15) is 0 Å². The molecule has 0 amide bonds. The lowest BCUT2D eigenvalue weighted by Crippen LogP contribution is -2.43. The molecule has 3 unspecified atom stereocenters. The van der Waals surface area contributed by atoms with E-state index in [1.54, 1.807) is 12.1 Å². The van der Waals surface area contributed by atoms with Crippen LogP contribution >= 0.6 is 0 Å². The van der Waals surface area contributed by atoms with Crippen molar-refractivity contribution in [3.8, 4) is 0 Å².